The maximum atomic E-state index is 14.6. The van der Waals surface area contributed by atoms with E-state index in [0.29, 0.717) is 23.6 Å². The highest BCUT2D eigenvalue weighted by molar-refractivity contribution is 7.85. The molecule has 3 aromatic carbocycles. The Balaban J connectivity index is 0.000000226. The van der Waals surface area contributed by atoms with Gasteiger partial charge in [0.2, 0.25) is 0 Å². The fourth-order valence-corrected chi connectivity index (χ4v) is 5.52. The predicted octanol–water partition coefficient (Wildman–Crippen LogP) is 4.52. The molecule has 1 saturated heterocycles. The van der Waals surface area contributed by atoms with Gasteiger partial charge in [0.05, 0.1) is 27.8 Å². The third-order valence-electron chi connectivity index (χ3n) is 7.17. The summed E-state index contributed by atoms with van der Waals surface area (Å²) in [5, 5.41) is 12.5. The largest absolute Gasteiger partial charge is 0.444 e. The van der Waals surface area contributed by atoms with Crippen LogP contribution in [0, 0.1) is 24.1 Å². The molecule has 2 fully saturated rings. The highest BCUT2D eigenvalue weighted by atomic mass is 32.2. The van der Waals surface area contributed by atoms with Crippen LogP contribution in [0.2, 0.25) is 0 Å². The molecule has 1 saturated carbocycles. The Kier molecular flexibility index (Phi) is 6.77. The van der Waals surface area contributed by atoms with Crippen LogP contribution < -0.4 is 19.7 Å². The zero-order valence-corrected chi connectivity index (χ0v) is 21.8. The van der Waals surface area contributed by atoms with Gasteiger partial charge in [-0.3, -0.25) is 4.55 Å². The van der Waals surface area contributed by atoms with Crippen molar-refractivity contribution in [1.82, 2.24) is 5.32 Å². The lowest BCUT2D eigenvalue weighted by Crippen LogP contribution is -2.63. The van der Waals surface area contributed by atoms with Gasteiger partial charge in [0.15, 0.2) is 11.5 Å². The summed E-state index contributed by atoms with van der Waals surface area (Å²) >= 11 is 0. The number of nitrogens with zero attached hydrogens (tertiary/aromatic N) is 2. The minimum atomic E-state index is -4.02. The monoisotopic (exact) mass is 537 g/mol. The Bertz CT molecular complexity index is 1510. The van der Waals surface area contributed by atoms with Gasteiger partial charge in [-0.2, -0.15) is 13.7 Å². The van der Waals surface area contributed by atoms with Crippen LogP contribution in [0.25, 0.3) is 0 Å². The highest BCUT2D eigenvalue weighted by Gasteiger charge is 2.45. The van der Waals surface area contributed by atoms with Crippen molar-refractivity contribution in [2.24, 2.45) is 0 Å². The second-order valence-corrected chi connectivity index (χ2v) is 11.2. The summed E-state index contributed by atoms with van der Waals surface area (Å²) in [6, 6.07) is 19.1. The number of rotatable bonds is 3. The zero-order valence-electron chi connectivity index (χ0n) is 21.0. The molecule has 0 unspecified atom stereocenters. The molecule has 3 atom stereocenters. The van der Waals surface area contributed by atoms with Crippen LogP contribution in [0.1, 0.15) is 36.5 Å². The molecule has 10 heteroatoms. The molecule has 38 heavy (non-hydrogen) atoms. The van der Waals surface area contributed by atoms with Crippen molar-refractivity contribution in [2.75, 3.05) is 18.0 Å². The first kappa shape index (κ1) is 26.0. The highest BCUT2D eigenvalue weighted by Crippen LogP contribution is 2.51. The first-order valence-electron chi connectivity index (χ1n) is 12.3. The number of nitrogens with one attached hydrogen (secondary N) is 1. The normalized spacial score (nSPS) is 23.4. The number of anilines is 1. The summed E-state index contributed by atoms with van der Waals surface area (Å²) < 4.78 is 56.4. The van der Waals surface area contributed by atoms with Gasteiger partial charge >= 0.3 is 0 Å². The molecule has 2 heterocycles. The van der Waals surface area contributed by atoms with Crippen LogP contribution >= 0.6 is 0 Å². The van der Waals surface area contributed by atoms with Gasteiger partial charge in [-0.1, -0.05) is 23.8 Å². The summed E-state index contributed by atoms with van der Waals surface area (Å²) in [7, 11) is -4.02. The van der Waals surface area contributed by atoms with Crippen LogP contribution in [0.3, 0.4) is 0 Å². The van der Waals surface area contributed by atoms with Crippen molar-refractivity contribution in [3.8, 4) is 17.6 Å². The van der Waals surface area contributed by atoms with Gasteiger partial charge in [0.25, 0.3) is 15.9 Å². The van der Waals surface area contributed by atoms with E-state index in [1.807, 2.05) is 31.2 Å². The summed E-state index contributed by atoms with van der Waals surface area (Å²) in [5.41, 5.74) is 2.51. The number of benzene rings is 3. The van der Waals surface area contributed by atoms with Gasteiger partial charge in [0, 0.05) is 32.1 Å². The Morgan fingerprint density at radius 2 is 1.89 bits per heavy atom. The fourth-order valence-electron chi connectivity index (χ4n) is 5.04. The SMILES string of the molecule is C[C@@]1(c2ccc(C#N)cc2F)Oc2cccc(N3CCN[C@@H]4CC[C@@H]43)c2O1.Cc1ccc(S(=O)(=O)O)cc1. The van der Waals surface area contributed by atoms with Crippen molar-refractivity contribution in [3.05, 3.63) is 83.2 Å². The average Bonchev–Trinajstić information content (AvgIpc) is 3.21. The molecular formula is C28H28FN3O5S. The van der Waals surface area contributed by atoms with E-state index < -0.39 is 21.7 Å². The number of piperazine rings is 1. The van der Waals surface area contributed by atoms with Gasteiger partial charge in [0.1, 0.15) is 5.82 Å². The Morgan fingerprint density at radius 3 is 2.53 bits per heavy atom. The molecule has 2 aliphatic heterocycles. The molecule has 8 nitrogen and oxygen atoms in total. The summed E-state index contributed by atoms with van der Waals surface area (Å²) in [4.78, 5) is 2.32. The second-order valence-electron chi connectivity index (χ2n) is 9.75. The zero-order chi connectivity index (χ0) is 27.1. The van der Waals surface area contributed by atoms with E-state index >= 15 is 0 Å². The number of nitriles is 1. The van der Waals surface area contributed by atoms with Gasteiger partial charge in [-0.05, 0) is 62.2 Å². The van der Waals surface area contributed by atoms with Crippen molar-refractivity contribution >= 4 is 15.8 Å². The molecule has 0 amide bonds. The first-order valence-corrected chi connectivity index (χ1v) is 13.8. The minimum absolute atomic E-state index is 0.0666. The van der Waals surface area contributed by atoms with E-state index in [1.165, 1.54) is 24.6 Å². The second kappa shape index (κ2) is 9.91. The van der Waals surface area contributed by atoms with E-state index in [-0.39, 0.29) is 16.0 Å². The van der Waals surface area contributed by atoms with Crippen LogP contribution in [0.15, 0.2) is 65.6 Å². The number of hydrogen-bond donors (Lipinski definition) is 2. The maximum absolute atomic E-state index is 14.6. The van der Waals surface area contributed by atoms with Crippen molar-refractivity contribution < 1.29 is 26.8 Å². The lowest BCUT2D eigenvalue weighted by molar-refractivity contribution is -0.0706. The smallest absolute Gasteiger partial charge is 0.294 e. The van der Waals surface area contributed by atoms with Gasteiger partial charge in [-0.25, -0.2) is 4.39 Å². The average molecular weight is 538 g/mol. The van der Waals surface area contributed by atoms with Crippen LogP contribution in [0.4, 0.5) is 10.1 Å². The van der Waals surface area contributed by atoms with E-state index in [2.05, 4.69) is 10.2 Å². The maximum Gasteiger partial charge on any atom is 0.294 e. The number of para-hydroxylation sites is 1. The number of ether oxygens (including phenoxy) is 2. The van der Waals surface area contributed by atoms with Crippen LogP contribution in [-0.4, -0.2) is 38.1 Å². The Hall–Kier alpha value is -3.65. The third-order valence-corrected chi connectivity index (χ3v) is 8.04. The van der Waals surface area contributed by atoms with Crippen molar-refractivity contribution in [1.29, 1.82) is 5.26 Å². The van der Waals surface area contributed by atoms with Crippen LogP contribution in [0.5, 0.6) is 11.5 Å². The first-order chi connectivity index (χ1) is 18.1. The Morgan fingerprint density at radius 1 is 1.13 bits per heavy atom. The quantitative estimate of drug-likeness (QED) is 0.469. The molecule has 2 N–H and O–H groups in total. The number of fused-ring (bicyclic) bond motifs is 2. The Labute approximate surface area is 221 Å². The predicted molar refractivity (Wildman–Crippen MR) is 139 cm³/mol. The summed E-state index contributed by atoms with van der Waals surface area (Å²) in [6.07, 6.45) is 2.35. The summed E-state index contributed by atoms with van der Waals surface area (Å²) in [6.45, 7) is 5.40. The molecule has 0 spiro atoms. The van der Waals surface area contributed by atoms with E-state index in [4.69, 9.17) is 19.3 Å². The van der Waals surface area contributed by atoms with E-state index in [9.17, 15) is 12.8 Å². The van der Waals surface area contributed by atoms with Crippen molar-refractivity contribution in [3.63, 3.8) is 0 Å². The molecule has 3 aromatic rings. The number of hydrogen-bond acceptors (Lipinski definition) is 7. The summed E-state index contributed by atoms with van der Waals surface area (Å²) in [5.74, 6) is -0.486. The standard InChI is InChI=1S/C21H20FN3O2.C7H8O3S/c1-21(14-6-5-13(12-23)11-15(14)22)26-19-4-2-3-18(20(19)27-21)25-10-9-24-16-7-8-17(16)25;1-6-2-4-7(5-3-6)11(8,9)10/h2-6,11,16-17,24H,7-10H2,1H3;2-5H,1H3,(H,8,9,10)/t16-,17+,21-;/m1./s1. The number of aryl methyl sites for hydroxylation is 1. The van der Waals surface area contributed by atoms with Gasteiger partial charge < -0.3 is 19.7 Å². The molecule has 3 aliphatic rings. The fraction of sp³-hybridized carbons (Fsp3) is 0.321. The molecule has 0 radical (unpaired) electrons. The van der Waals surface area contributed by atoms with E-state index in [0.717, 1.165) is 30.8 Å². The molecular weight excluding hydrogens is 509 g/mol. The molecule has 0 bridgehead atoms. The van der Waals surface area contributed by atoms with Crippen molar-refractivity contribution in [2.45, 2.75) is 49.5 Å². The molecule has 198 valence electrons. The lowest BCUT2D eigenvalue weighted by Gasteiger charge is -2.50. The van der Waals surface area contributed by atoms with Crippen LogP contribution in [-0.2, 0) is 15.9 Å². The van der Waals surface area contributed by atoms with Gasteiger partial charge in [-0.15, -0.1) is 0 Å². The topological polar surface area (TPSA) is 112 Å². The third kappa shape index (κ3) is 4.92. The minimum Gasteiger partial charge on any atom is -0.444 e. The molecule has 0 aromatic heterocycles. The number of halogens is 1. The van der Waals surface area contributed by atoms with E-state index in [1.54, 1.807) is 31.2 Å². The lowest BCUT2D eigenvalue weighted by atomic mass is 9.83. The molecule has 6 rings (SSSR count). The molecule has 1 aliphatic carbocycles.